The summed E-state index contributed by atoms with van der Waals surface area (Å²) in [6, 6.07) is 15.2. The van der Waals surface area contributed by atoms with Crippen molar-refractivity contribution in [3.63, 3.8) is 0 Å². The second-order valence-electron chi connectivity index (χ2n) is 7.29. The minimum absolute atomic E-state index is 0.155. The Morgan fingerprint density at radius 1 is 1.15 bits per heavy atom. The molecule has 0 saturated carbocycles. The van der Waals surface area contributed by atoms with Gasteiger partial charge in [-0.15, -0.1) is 0 Å². The maximum atomic E-state index is 12.7. The number of amidine groups is 1. The van der Waals surface area contributed by atoms with Crippen molar-refractivity contribution in [2.45, 2.75) is 38.0 Å². The molecule has 2 aromatic rings. The van der Waals surface area contributed by atoms with Gasteiger partial charge in [0.2, 0.25) is 5.60 Å². The Kier molecular flexibility index (Phi) is 3.84. The summed E-state index contributed by atoms with van der Waals surface area (Å²) in [5, 5.41) is 8.82. The van der Waals surface area contributed by atoms with Gasteiger partial charge in [0.15, 0.2) is 5.84 Å². The van der Waals surface area contributed by atoms with Crippen molar-refractivity contribution in [1.29, 1.82) is 5.41 Å². The first-order valence-electron chi connectivity index (χ1n) is 8.43. The van der Waals surface area contributed by atoms with Crippen molar-refractivity contribution in [2.75, 3.05) is 0 Å². The number of rotatable bonds is 2. The Morgan fingerprint density at radius 2 is 1.88 bits per heavy atom. The largest absolute Gasteiger partial charge is 0.487 e. The number of amides is 1. The molecule has 0 radical (unpaired) electrons. The molecule has 26 heavy (non-hydrogen) atoms. The van der Waals surface area contributed by atoms with Crippen molar-refractivity contribution in [3.05, 3.63) is 64.1 Å². The van der Waals surface area contributed by atoms with Crippen LogP contribution in [0.5, 0.6) is 5.75 Å². The Labute approximate surface area is 160 Å². The van der Waals surface area contributed by atoms with Crippen molar-refractivity contribution < 1.29 is 14.3 Å². The van der Waals surface area contributed by atoms with Crippen LogP contribution in [0.1, 0.15) is 31.4 Å². The predicted molar refractivity (Wildman–Crippen MR) is 101 cm³/mol. The quantitative estimate of drug-likeness (QED) is 0.764. The highest BCUT2D eigenvalue weighted by Crippen LogP contribution is 2.50. The van der Waals surface area contributed by atoms with Crippen LogP contribution in [0.3, 0.4) is 0 Å². The number of benzene rings is 2. The van der Waals surface area contributed by atoms with Crippen LogP contribution in [0.25, 0.3) is 0 Å². The van der Waals surface area contributed by atoms with Crippen LogP contribution < -0.4 is 4.74 Å². The highest BCUT2D eigenvalue weighted by Gasteiger charge is 2.58. The topological polar surface area (TPSA) is 62.6 Å². The van der Waals surface area contributed by atoms with Gasteiger partial charge in [-0.2, -0.15) is 0 Å². The molecule has 4 rings (SSSR count). The van der Waals surface area contributed by atoms with Gasteiger partial charge in [-0.05, 0) is 37.6 Å². The second kappa shape index (κ2) is 5.84. The highest BCUT2D eigenvalue weighted by molar-refractivity contribution is 9.10. The van der Waals surface area contributed by atoms with E-state index in [1.807, 2.05) is 62.4 Å². The number of nitrogens with zero attached hydrogens (tertiary/aromatic N) is 1. The zero-order chi connectivity index (χ0) is 18.5. The van der Waals surface area contributed by atoms with E-state index in [9.17, 15) is 4.79 Å². The molecule has 1 spiro atoms. The molecule has 1 unspecified atom stereocenters. The summed E-state index contributed by atoms with van der Waals surface area (Å²) < 4.78 is 12.8. The van der Waals surface area contributed by atoms with Gasteiger partial charge < -0.3 is 9.47 Å². The summed E-state index contributed by atoms with van der Waals surface area (Å²) in [4.78, 5) is 14.1. The lowest BCUT2D eigenvalue weighted by Gasteiger charge is -2.42. The van der Waals surface area contributed by atoms with Crippen LogP contribution in [0.2, 0.25) is 0 Å². The summed E-state index contributed by atoms with van der Waals surface area (Å²) in [6.07, 6.45) is -0.109. The van der Waals surface area contributed by atoms with Gasteiger partial charge in [-0.1, -0.05) is 46.3 Å². The average molecular weight is 415 g/mol. The standard InChI is InChI=1S/C20H19BrN2O3/c1-19(2)12-20(15-10-14(21)8-9-16(15)25-19)17(22)23(18(24)26-20)11-13-6-4-3-5-7-13/h3-10,22H,11-12H2,1-2H3. The van der Waals surface area contributed by atoms with E-state index >= 15 is 0 Å². The Morgan fingerprint density at radius 3 is 2.62 bits per heavy atom. The molecule has 1 fully saturated rings. The van der Waals surface area contributed by atoms with Crippen molar-refractivity contribution in [3.8, 4) is 5.75 Å². The molecule has 1 saturated heterocycles. The van der Waals surface area contributed by atoms with E-state index in [1.165, 1.54) is 4.90 Å². The molecule has 2 aliphatic heterocycles. The van der Waals surface area contributed by atoms with Crippen LogP contribution in [0, 0.1) is 5.41 Å². The van der Waals surface area contributed by atoms with E-state index in [0.717, 1.165) is 10.0 Å². The normalized spacial score (nSPS) is 23.6. The molecule has 2 heterocycles. The summed E-state index contributed by atoms with van der Waals surface area (Å²) in [7, 11) is 0. The van der Waals surface area contributed by atoms with Gasteiger partial charge in [0.25, 0.3) is 0 Å². The number of hydrogen-bond donors (Lipinski definition) is 1. The average Bonchev–Trinajstić information content (AvgIpc) is 2.81. The first kappa shape index (κ1) is 17.1. The van der Waals surface area contributed by atoms with Gasteiger partial charge >= 0.3 is 6.09 Å². The molecule has 0 aliphatic carbocycles. The fraction of sp³-hybridized carbons (Fsp3) is 0.300. The maximum Gasteiger partial charge on any atom is 0.417 e. The number of carbonyl (C=O) groups excluding carboxylic acids is 1. The van der Waals surface area contributed by atoms with E-state index in [0.29, 0.717) is 24.3 Å². The molecule has 2 aromatic carbocycles. The summed E-state index contributed by atoms with van der Waals surface area (Å²) >= 11 is 3.47. The van der Waals surface area contributed by atoms with E-state index < -0.39 is 17.3 Å². The van der Waals surface area contributed by atoms with Crippen molar-refractivity contribution in [2.24, 2.45) is 0 Å². The third-order valence-corrected chi connectivity index (χ3v) is 5.25. The van der Waals surface area contributed by atoms with Crippen LogP contribution in [0.15, 0.2) is 53.0 Å². The second-order valence-corrected chi connectivity index (χ2v) is 8.21. The number of fused-ring (bicyclic) bond motifs is 2. The van der Waals surface area contributed by atoms with Gasteiger partial charge in [-0.3, -0.25) is 10.3 Å². The molecule has 0 aromatic heterocycles. The molecule has 1 N–H and O–H groups in total. The predicted octanol–water partition coefficient (Wildman–Crippen LogP) is 4.84. The molecule has 1 atom stereocenters. The minimum atomic E-state index is -1.13. The zero-order valence-corrected chi connectivity index (χ0v) is 16.2. The number of nitrogens with one attached hydrogen (secondary N) is 1. The van der Waals surface area contributed by atoms with Gasteiger partial charge in [0, 0.05) is 16.5 Å². The molecule has 0 bridgehead atoms. The van der Waals surface area contributed by atoms with Crippen LogP contribution >= 0.6 is 15.9 Å². The lowest BCUT2D eigenvalue weighted by molar-refractivity contribution is -0.0208. The van der Waals surface area contributed by atoms with Crippen LogP contribution in [0.4, 0.5) is 4.79 Å². The molecule has 134 valence electrons. The summed E-state index contributed by atoms with van der Waals surface area (Å²) in [5.41, 5.74) is -0.0322. The summed E-state index contributed by atoms with van der Waals surface area (Å²) in [5.74, 6) is 0.797. The minimum Gasteiger partial charge on any atom is -0.487 e. The Hall–Kier alpha value is -2.34. The zero-order valence-electron chi connectivity index (χ0n) is 14.6. The molecule has 6 heteroatoms. The summed E-state index contributed by atoms with van der Waals surface area (Å²) in [6.45, 7) is 4.20. The first-order valence-corrected chi connectivity index (χ1v) is 9.23. The van der Waals surface area contributed by atoms with Gasteiger partial charge in [0.05, 0.1) is 6.54 Å². The molecule has 5 nitrogen and oxygen atoms in total. The fourth-order valence-electron chi connectivity index (χ4n) is 3.71. The SMILES string of the molecule is CC1(C)CC2(OC(=O)N(Cc3ccccc3)C2=N)c2cc(Br)ccc2O1. The number of carbonyl (C=O) groups is 1. The third kappa shape index (κ3) is 2.69. The smallest absolute Gasteiger partial charge is 0.417 e. The number of ether oxygens (including phenoxy) is 2. The fourth-order valence-corrected chi connectivity index (χ4v) is 4.07. The van der Waals surface area contributed by atoms with E-state index in [1.54, 1.807) is 0 Å². The molecular formula is C20H19BrN2O3. The first-order chi connectivity index (χ1) is 12.3. The van der Waals surface area contributed by atoms with Crippen molar-refractivity contribution >= 4 is 27.9 Å². The monoisotopic (exact) mass is 414 g/mol. The molecular weight excluding hydrogens is 396 g/mol. The Bertz CT molecular complexity index is 897. The van der Waals surface area contributed by atoms with Crippen LogP contribution in [-0.2, 0) is 16.9 Å². The number of hydrogen-bond acceptors (Lipinski definition) is 4. The van der Waals surface area contributed by atoms with Crippen molar-refractivity contribution in [1.82, 2.24) is 4.90 Å². The molecule has 1 amide bonds. The van der Waals surface area contributed by atoms with Crippen LogP contribution in [-0.4, -0.2) is 22.4 Å². The third-order valence-electron chi connectivity index (χ3n) is 4.76. The highest BCUT2D eigenvalue weighted by atomic mass is 79.9. The van der Waals surface area contributed by atoms with E-state index in [4.69, 9.17) is 14.9 Å². The number of halogens is 1. The lowest BCUT2D eigenvalue weighted by Crippen LogP contribution is -2.49. The van der Waals surface area contributed by atoms with Gasteiger partial charge in [0.1, 0.15) is 11.4 Å². The maximum absolute atomic E-state index is 12.7. The van der Waals surface area contributed by atoms with E-state index in [-0.39, 0.29) is 5.84 Å². The Balaban J connectivity index is 1.78. The van der Waals surface area contributed by atoms with Gasteiger partial charge in [-0.25, -0.2) is 4.79 Å². The molecule has 2 aliphatic rings. The van der Waals surface area contributed by atoms with E-state index in [2.05, 4.69) is 15.9 Å². The lowest BCUT2D eigenvalue weighted by atomic mass is 9.79.